The second-order valence-electron chi connectivity index (χ2n) is 7.42. The van der Waals surface area contributed by atoms with E-state index in [2.05, 4.69) is 52.3 Å². The molecule has 0 spiro atoms. The molecule has 0 bridgehead atoms. The summed E-state index contributed by atoms with van der Waals surface area (Å²) in [5.74, 6) is 1.55. The second-order valence-corrected chi connectivity index (χ2v) is 7.42. The van der Waals surface area contributed by atoms with Gasteiger partial charge in [0.25, 0.3) is 0 Å². The molecule has 6 heterocycles. The maximum absolute atomic E-state index is 5.14. The lowest BCUT2D eigenvalue weighted by molar-refractivity contribution is 1.03. The van der Waals surface area contributed by atoms with Crippen molar-refractivity contribution in [1.82, 2.24) is 39.0 Å². The molecule has 0 unspecified atom stereocenters. The van der Waals surface area contributed by atoms with Gasteiger partial charge < -0.3 is 0 Å². The summed E-state index contributed by atoms with van der Waals surface area (Å²) in [6.45, 7) is 0. The Bertz CT molecular complexity index is 1640. The topological polar surface area (TPSA) is 87.2 Å². The molecule has 0 aliphatic carbocycles. The minimum Gasteiger partial charge on any atom is -0.292 e. The van der Waals surface area contributed by atoms with Gasteiger partial charge in [-0.05, 0) is 36.4 Å². The molecule has 6 aromatic heterocycles. The number of rotatable bonds is 2. The standard InChI is InChI=1S/C24H14N8/c1-2-5-16-15(4-1)22-18(31(16)20-7-10-25-13-28-20)12-19-24(30-22)23-17(6-3-9-27-23)32(19)21-8-11-26-14-29-21/h1-14H. The summed E-state index contributed by atoms with van der Waals surface area (Å²) in [5, 5.41) is 1.06. The van der Waals surface area contributed by atoms with Gasteiger partial charge in [-0.2, -0.15) is 0 Å². The maximum atomic E-state index is 5.14. The first-order chi connectivity index (χ1) is 15.9. The van der Waals surface area contributed by atoms with Crippen molar-refractivity contribution in [3.63, 3.8) is 0 Å². The molecule has 0 aliphatic heterocycles. The Morgan fingerprint density at radius 2 is 1.22 bits per heavy atom. The molecule has 0 radical (unpaired) electrons. The molecule has 8 nitrogen and oxygen atoms in total. The predicted molar refractivity (Wildman–Crippen MR) is 122 cm³/mol. The number of benzene rings is 1. The average molecular weight is 414 g/mol. The number of fused-ring (bicyclic) bond motifs is 6. The van der Waals surface area contributed by atoms with Crippen molar-refractivity contribution >= 4 is 44.0 Å². The third-order valence-electron chi connectivity index (χ3n) is 5.71. The number of hydrogen-bond acceptors (Lipinski definition) is 6. The SMILES string of the molecule is c1ccc2c(c1)c1nc3c4ncccc4n(-c4ccncn4)c3cc1n2-c1ccncn1. The highest BCUT2D eigenvalue weighted by Gasteiger charge is 2.20. The van der Waals surface area contributed by atoms with Crippen molar-refractivity contribution in [1.29, 1.82) is 0 Å². The van der Waals surface area contributed by atoms with Gasteiger partial charge in [0.05, 0.1) is 27.6 Å². The summed E-state index contributed by atoms with van der Waals surface area (Å²) in [7, 11) is 0. The molecule has 1 aromatic carbocycles. The zero-order valence-corrected chi connectivity index (χ0v) is 16.7. The van der Waals surface area contributed by atoms with Gasteiger partial charge in [0, 0.05) is 24.0 Å². The Morgan fingerprint density at radius 1 is 0.531 bits per heavy atom. The molecule has 0 atom stereocenters. The van der Waals surface area contributed by atoms with E-state index in [1.807, 2.05) is 36.4 Å². The molecule has 7 aromatic rings. The van der Waals surface area contributed by atoms with Crippen LogP contribution in [0, 0.1) is 0 Å². The fourth-order valence-electron chi connectivity index (χ4n) is 4.42. The summed E-state index contributed by atoms with van der Waals surface area (Å²) >= 11 is 0. The molecule has 8 heteroatoms. The van der Waals surface area contributed by atoms with Gasteiger partial charge in [0.2, 0.25) is 0 Å². The Balaban J connectivity index is 1.71. The highest BCUT2D eigenvalue weighted by Crippen LogP contribution is 2.36. The van der Waals surface area contributed by atoms with E-state index in [0.29, 0.717) is 0 Å². The first-order valence-electron chi connectivity index (χ1n) is 10.1. The molecule has 0 aliphatic rings. The fourth-order valence-corrected chi connectivity index (χ4v) is 4.42. The lowest BCUT2D eigenvalue weighted by atomic mass is 10.2. The highest BCUT2D eigenvalue weighted by molar-refractivity contribution is 6.14. The van der Waals surface area contributed by atoms with Crippen molar-refractivity contribution in [2.45, 2.75) is 0 Å². The number of nitrogens with zero attached hydrogens (tertiary/aromatic N) is 8. The van der Waals surface area contributed by atoms with Gasteiger partial charge >= 0.3 is 0 Å². The third-order valence-corrected chi connectivity index (χ3v) is 5.71. The maximum Gasteiger partial charge on any atom is 0.141 e. The first-order valence-corrected chi connectivity index (χ1v) is 10.1. The molecule has 0 N–H and O–H groups in total. The van der Waals surface area contributed by atoms with Crippen LogP contribution in [0.3, 0.4) is 0 Å². The van der Waals surface area contributed by atoms with E-state index in [-0.39, 0.29) is 0 Å². The summed E-state index contributed by atoms with van der Waals surface area (Å²) < 4.78 is 4.20. The smallest absolute Gasteiger partial charge is 0.141 e. The number of para-hydroxylation sites is 1. The van der Waals surface area contributed by atoms with Gasteiger partial charge in [-0.3, -0.25) is 14.1 Å². The van der Waals surface area contributed by atoms with E-state index >= 15 is 0 Å². The van der Waals surface area contributed by atoms with Crippen LogP contribution >= 0.6 is 0 Å². The summed E-state index contributed by atoms with van der Waals surface area (Å²) in [5.41, 5.74) is 6.42. The summed E-state index contributed by atoms with van der Waals surface area (Å²) in [6, 6.07) is 18.1. The zero-order chi connectivity index (χ0) is 21.1. The van der Waals surface area contributed by atoms with Gasteiger partial charge in [0.1, 0.15) is 35.3 Å². The van der Waals surface area contributed by atoms with Crippen LogP contribution in [0.2, 0.25) is 0 Å². The monoisotopic (exact) mass is 414 g/mol. The van der Waals surface area contributed by atoms with Crippen LogP contribution in [0.25, 0.3) is 55.6 Å². The van der Waals surface area contributed by atoms with Gasteiger partial charge in [-0.15, -0.1) is 0 Å². The van der Waals surface area contributed by atoms with Crippen molar-refractivity contribution in [2.24, 2.45) is 0 Å². The van der Waals surface area contributed by atoms with Crippen LogP contribution in [-0.4, -0.2) is 39.0 Å². The van der Waals surface area contributed by atoms with Crippen LogP contribution in [-0.2, 0) is 0 Å². The zero-order valence-electron chi connectivity index (χ0n) is 16.7. The molecule has 0 saturated carbocycles. The van der Waals surface area contributed by atoms with Gasteiger partial charge in [-0.1, -0.05) is 18.2 Å². The molecule has 32 heavy (non-hydrogen) atoms. The van der Waals surface area contributed by atoms with E-state index in [9.17, 15) is 0 Å². The molecule has 0 fully saturated rings. The van der Waals surface area contributed by atoms with Gasteiger partial charge in [-0.25, -0.2) is 24.9 Å². The molecule has 7 rings (SSSR count). The Labute approximate surface area is 180 Å². The molecule has 150 valence electrons. The van der Waals surface area contributed by atoms with Gasteiger partial charge in [0.15, 0.2) is 0 Å². The lowest BCUT2D eigenvalue weighted by Gasteiger charge is -2.07. The number of hydrogen-bond donors (Lipinski definition) is 0. The molecular formula is C24H14N8. The van der Waals surface area contributed by atoms with E-state index in [4.69, 9.17) is 4.98 Å². The predicted octanol–water partition coefficient (Wildman–Crippen LogP) is 4.25. The Morgan fingerprint density at radius 3 is 1.97 bits per heavy atom. The Hall–Kier alpha value is -4.72. The third kappa shape index (κ3) is 2.26. The van der Waals surface area contributed by atoms with E-state index in [1.165, 1.54) is 0 Å². The van der Waals surface area contributed by atoms with Crippen molar-refractivity contribution in [2.75, 3.05) is 0 Å². The second kappa shape index (κ2) is 6.39. The minimum atomic E-state index is 0.763. The largest absolute Gasteiger partial charge is 0.292 e. The van der Waals surface area contributed by atoms with Crippen molar-refractivity contribution in [3.05, 3.63) is 85.8 Å². The molecule has 0 amide bonds. The van der Waals surface area contributed by atoms with Crippen molar-refractivity contribution in [3.8, 4) is 11.6 Å². The quantitative estimate of drug-likeness (QED) is 0.420. The summed E-state index contributed by atoms with van der Waals surface area (Å²) in [4.78, 5) is 26.9. The van der Waals surface area contributed by atoms with Crippen LogP contribution in [0.15, 0.2) is 85.8 Å². The molecule has 0 saturated heterocycles. The van der Waals surface area contributed by atoms with Crippen LogP contribution < -0.4 is 0 Å². The average Bonchev–Trinajstić information content (AvgIpc) is 3.36. The van der Waals surface area contributed by atoms with Crippen LogP contribution in [0.4, 0.5) is 0 Å². The van der Waals surface area contributed by atoms with Crippen molar-refractivity contribution < 1.29 is 0 Å². The highest BCUT2D eigenvalue weighted by atomic mass is 15.1. The van der Waals surface area contributed by atoms with Crippen LogP contribution in [0.5, 0.6) is 0 Å². The fraction of sp³-hybridized carbons (Fsp3) is 0. The first kappa shape index (κ1) is 17.0. The number of pyridine rings is 2. The summed E-state index contributed by atoms with van der Waals surface area (Å²) in [6.07, 6.45) is 8.38. The van der Waals surface area contributed by atoms with E-state index in [0.717, 1.165) is 55.6 Å². The number of aromatic nitrogens is 8. The minimum absolute atomic E-state index is 0.763. The van der Waals surface area contributed by atoms with E-state index < -0.39 is 0 Å². The lowest BCUT2D eigenvalue weighted by Crippen LogP contribution is -1.99. The van der Waals surface area contributed by atoms with E-state index in [1.54, 1.807) is 31.2 Å². The Kier molecular flexibility index (Phi) is 3.40. The molecular weight excluding hydrogens is 400 g/mol. The normalized spacial score (nSPS) is 11.8. The van der Waals surface area contributed by atoms with Crippen LogP contribution in [0.1, 0.15) is 0 Å².